The van der Waals surface area contributed by atoms with E-state index >= 15 is 0 Å². The molecule has 0 aliphatic carbocycles. The molecule has 0 bridgehead atoms. The molecule has 0 fully saturated rings. The van der Waals surface area contributed by atoms with Crippen LogP contribution in [0.15, 0.2) is 30.3 Å². The van der Waals surface area contributed by atoms with Crippen LogP contribution >= 0.6 is 0 Å². The Morgan fingerprint density at radius 1 is 1.50 bits per heavy atom. The minimum atomic E-state index is -0.559. The predicted octanol–water partition coefficient (Wildman–Crippen LogP) is 1.97. The fourth-order valence-electron chi connectivity index (χ4n) is 1.28. The lowest BCUT2D eigenvalue weighted by Crippen LogP contribution is -2.33. The molecule has 0 heterocycles. The van der Waals surface area contributed by atoms with Crippen molar-refractivity contribution in [2.45, 2.75) is 20.0 Å². The van der Waals surface area contributed by atoms with Gasteiger partial charge in [0.1, 0.15) is 5.82 Å². The molecule has 3 nitrogen and oxygen atoms in total. The van der Waals surface area contributed by atoms with E-state index in [4.69, 9.17) is 0 Å². The number of hydrogen-bond acceptors (Lipinski definition) is 2. The van der Waals surface area contributed by atoms with E-state index < -0.39 is 6.10 Å². The molecule has 0 saturated carbocycles. The third-order valence-electron chi connectivity index (χ3n) is 2.53. The van der Waals surface area contributed by atoms with Crippen LogP contribution in [0, 0.1) is 11.7 Å². The van der Waals surface area contributed by atoms with Gasteiger partial charge in [0, 0.05) is 12.6 Å². The number of nitrogens with one attached hydrogen (secondary N) is 1. The average Bonchev–Trinajstić information content (AvgIpc) is 2.33. The summed E-state index contributed by atoms with van der Waals surface area (Å²) in [5.74, 6) is -0.552. The summed E-state index contributed by atoms with van der Waals surface area (Å²) < 4.78 is 12.9. The van der Waals surface area contributed by atoms with Gasteiger partial charge in [0.15, 0.2) is 0 Å². The van der Waals surface area contributed by atoms with Gasteiger partial charge in [-0.25, -0.2) is 4.39 Å². The van der Waals surface area contributed by atoms with Gasteiger partial charge in [-0.3, -0.25) is 4.79 Å². The second-order valence-corrected chi connectivity index (χ2v) is 4.44. The maximum atomic E-state index is 12.9. The molecule has 0 radical (unpaired) electrons. The van der Waals surface area contributed by atoms with E-state index in [1.165, 1.54) is 24.3 Å². The number of rotatable bonds is 5. The lowest BCUT2D eigenvalue weighted by molar-refractivity contribution is -0.117. The second-order valence-electron chi connectivity index (χ2n) is 4.44. The first kappa shape index (κ1) is 14.4. The fourth-order valence-corrected chi connectivity index (χ4v) is 1.28. The first-order valence-electron chi connectivity index (χ1n) is 5.88. The summed E-state index contributed by atoms with van der Waals surface area (Å²) in [5, 5.41) is 12.1. The molecule has 0 aliphatic heterocycles. The molecular weight excluding hydrogens is 233 g/mol. The normalized spacial score (nSPS) is 12.9. The highest BCUT2D eigenvalue weighted by atomic mass is 19.1. The Hall–Kier alpha value is -1.68. The highest BCUT2D eigenvalue weighted by molar-refractivity contribution is 5.91. The first-order valence-corrected chi connectivity index (χ1v) is 5.88. The van der Waals surface area contributed by atoms with Gasteiger partial charge in [-0.05, 0) is 29.7 Å². The Morgan fingerprint density at radius 2 is 2.22 bits per heavy atom. The van der Waals surface area contributed by atoms with Gasteiger partial charge in [0.25, 0.3) is 0 Å². The molecule has 0 saturated heterocycles. The van der Waals surface area contributed by atoms with E-state index in [1.54, 1.807) is 12.1 Å². The Bertz CT molecular complexity index is 430. The van der Waals surface area contributed by atoms with Crippen LogP contribution in [-0.2, 0) is 4.79 Å². The molecule has 2 N–H and O–H groups in total. The third-order valence-corrected chi connectivity index (χ3v) is 2.53. The minimum Gasteiger partial charge on any atom is -0.391 e. The molecule has 1 rings (SSSR count). The van der Waals surface area contributed by atoms with Crippen LogP contribution in [0.25, 0.3) is 6.08 Å². The van der Waals surface area contributed by atoms with Crippen LogP contribution in [0.4, 0.5) is 4.39 Å². The van der Waals surface area contributed by atoms with Crippen molar-refractivity contribution >= 4 is 12.0 Å². The maximum absolute atomic E-state index is 12.9. The molecule has 98 valence electrons. The van der Waals surface area contributed by atoms with Crippen LogP contribution in [0.2, 0.25) is 0 Å². The summed E-state index contributed by atoms with van der Waals surface area (Å²) in [6.45, 7) is 3.96. The zero-order valence-electron chi connectivity index (χ0n) is 10.6. The minimum absolute atomic E-state index is 0.0949. The standard InChI is InChI=1S/C14H18FNO2/c1-10(2)13(17)9-16-14(18)7-6-11-4-3-5-12(15)8-11/h3-8,10,13,17H,9H2,1-2H3,(H,16,18)/b7-6+. The van der Waals surface area contributed by atoms with Gasteiger partial charge in [0.05, 0.1) is 6.10 Å². The van der Waals surface area contributed by atoms with E-state index in [9.17, 15) is 14.3 Å². The maximum Gasteiger partial charge on any atom is 0.244 e. The van der Waals surface area contributed by atoms with Gasteiger partial charge in [-0.1, -0.05) is 26.0 Å². The highest BCUT2D eigenvalue weighted by Crippen LogP contribution is 2.05. The van der Waals surface area contributed by atoms with Crippen LogP contribution in [0.1, 0.15) is 19.4 Å². The van der Waals surface area contributed by atoms with Crippen molar-refractivity contribution < 1.29 is 14.3 Å². The van der Waals surface area contributed by atoms with Crippen molar-refractivity contribution in [1.29, 1.82) is 0 Å². The Labute approximate surface area is 106 Å². The lowest BCUT2D eigenvalue weighted by Gasteiger charge is -2.13. The number of benzene rings is 1. The van der Waals surface area contributed by atoms with Gasteiger partial charge < -0.3 is 10.4 Å². The predicted molar refractivity (Wildman–Crippen MR) is 69.3 cm³/mol. The van der Waals surface area contributed by atoms with Crippen molar-refractivity contribution in [3.05, 3.63) is 41.7 Å². The molecule has 18 heavy (non-hydrogen) atoms. The summed E-state index contributed by atoms with van der Waals surface area (Å²) >= 11 is 0. The van der Waals surface area contributed by atoms with E-state index in [1.807, 2.05) is 13.8 Å². The van der Waals surface area contributed by atoms with E-state index in [2.05, 4.69) is 5.32 Å². The van der Waals surface area contributed by atoms with Crippen LogP contribution in [0.3, 0.4) is 0 Å². The van der Waals surface area contributed by atoms with Crippen LogP contribution < -0.4 is 5.32 Å². The van der Waals surface area contributed by atoms with Crippen LogP contribution in [-0.4, -0.2) is 23.7 Å². The topological polar surface area (TPSA) is 49.3 Å². The van der Waals surface area contributed by atoms with Crippen molar-refractivity contribution in [2.75, 3.05) is 6.54 Å². The molecule has 1 aromatic carbocycles. The molecular formula is C14H18FNO2. The number of carbonyl (C=O) groups is 1. The monoisotopic (exact) mass is 251 g/mol. The summed E-state index contributed by atoms with van der Waals surface area (Å²) in [6.07, 6.45) is 2.29. The molecule has 0 aliphatic rings. The average molecular weight is 251 g/mol. The summed E-state index contributed by atoms with van der Waals surface area (Å²) in [6, 6.07) is 5.97. The number of halogens is 1. The third kappa shape index (κ3) is 5.10. The van der Waals surface area contributed by atoms with Gasteiger partial charge in [-0.2, -0.15) is 0 Å². The number of hydrogen-bond donors (Lipinski definition) is 2. The quantitative estimate of drug-likeness (QED) is 0.786. The molecule has 1 aromatic rings. The summed E-state index contributed by atoms with van der Waals surface area (Å²) in [7, 11) is 0. The van der Waals surface area contributed by atoms with Gasteiger partial charge in [0.2, 0.25) is 5.91 Å². The van der Waals surface area contributed by atoms with Gasteiger partial charge >= 0.3 is 0 Å². The summed E-state index contributed by atoms with van der Waals surface area (Å²) in [4.78, 5) is 11.4. The second kappa shape index (κ2) is 6.91. The molecule has 4 heteroatoms. The molecule has 1 atom stereocenters. The number of aliphatic hydroxyl groups is 1. The van der Waals surface area contributed by atoms with Crippen molar-refractivity contribution in [2.24, 2.45) is 5.92 Å². The number of carbonyl (C=O) groups excluding carboxylic acids is 1. The largest absolute Gasteiger partial charge is 0.391 e. The molecule has 0 spiro atoms. The Kier molecular flexibility index (Phi) is 5.52. The molecule has 1 unspecified atom stereocenters. The van der Waals surface area contributed by atoms with Gasteiger partial charge in [-0.15, -0.1) is 0 Å². The first-order chi connectivity index (χ1) is 8.49. The molecule has 1 amide bonds. The zero-order chi connectivity index (χ0) is 13.5. The fraction of sp³-hybridized carbons (Fsp3) is 0.357. The van der Waals surface area contributed by atoms with Crippen molar-refractivity contribution in [3.63, 3.8) is 0 Å². The summed E-state index contributed by atoms with van der Waals surface area (Å²) in [5.41, 5.74) is 0.620. The van der Waals surface area contributed by atoms with E-state index in [0.29, 0.717) is 5.56 Å². The smallest absolute Gasteiger partial charge is 0.244 e. The van der Waals surface area contributed by atoms with Crippen molar-refractivity contribution in [1.82, 2.24) is 5.32 Å². The number of aliphatic hydroxyl groups excluding tert-OH is 1. The Morgan fingerprint density at radius 3 is 2.83 bits per heavy atom. The lowest BCUT2D eigenvalue weighted by atomic mass is 10.1. The molecule has 0 aromatic heterocycles. The highest BCUT2D eigenvalue weighted by Gasteiger charge is 2.09. The Balaban J connectivity index is 2.45. The SMILES string of the molecule is CC(C)C(O)CNC(=O)/C=C/c1cccc(F)c1. The van der Waals surface area contributed by atoms with Crippen molar-refractivity contribution in [3.8, 4) is 0 Å². The van der Waals surface area contributed by atoms with E-state index in [0.717, 1.165) is 0 Å². The zero-order valence-corrected chi connectivity index (χ0v) is 10.6. The van der Waals surface area contributed by atoms with Crippen LogP contribution in [0.5, 0.6) is 0 Å². The van der Waals surface area contributed by atoms with E-state index in [-0.39, 0.29) is 24.2 Å². The number of amides is 1.